The van der Waals surface area contributed by atoms with E-state index in [-0.39, 0.29) is 23.9 Å². The summed E-state index contributed by atoms with van der Waals surface area (Å²) >= 11 is 0. The second kappa shape index (κ2) is 19.4. The maximum atomic E-state index is 14.7. The highest BCUT2D eigenvalue weighted by molar-refractivity contribution is 7.80. The fourth-order valence-electron chi connectivity index (χ4n) is 10.2. The summed E-state index contributed by atoms with van der Waals surface area (Å²) in [5.41, 5.74) is 8.21. The smallest absolute Gasteiger partial charge is 0.274 e. The summed E-state index contributed by atoms with van der Waals surface area (Å²) in [5.74, 6) is -0.614. The molecule has 11 aromatic carbocycles. The van der Waals surface area contributed by atoms with Gasteiger partial charge in [-0.2, -0.15) is 0 Å². The van der Waals surface area contributed by atoms with Crippen LogP contribution in [0.3, 0.4) is 0 Å². The quantitative estimate of drug-likeness (QED) is 0.127. The van der Waals surface area contributed by atoms with Crippen LogP contribution in [-0.4, -0.2) is 16.8 Å². The first kappa shape index (κ1) is 44.2. The topological polar surface area (TPSA) is 71.1 Å². The van der Waals surface area contributed by atoms with E-state index in [1.165, 1.54) is 15.9 Å². The summed E-state index contributed by atoms with van der Waals surface area (Å²) in [6, 6.07) is 87.6. The predicted molar refractivity (Wildman–Crippen MR) is 302 cm³/mol. The summed E-state index contributed by atoms with van der Waals surface area (Å²) in [5, 5.41) is 18.8. The highest BCUT2D eigenvalue weighted by Crippen LogP contribution is 2.47. The number of rotatable bonds is 11. The Kier molecular flexibility index (Phi) is 11.9. The standard InChI is InChI=1S/C66H46N3O2P/c70-61(68-57-40-36-46-22-11-15-31-53(46)63(57)62-52-30-14-10-21-45(52)35-39-56(62)44-19-4-1-5-20-44)43-49-25-18-34-59(67-49)66(71)69-58-41-37-47-23-12-16-32-54(47)64(58)65-55-33-17-13-24-48(55)38-42-60(65)72(50-26-6-2-7-27-50)51-28-8-3-9-29-51/h1-42H,43H2,(H,68,70)(H,69,71). The van der Waals surface area contributed by atoms with E-state index in [1.54, 1.807) is 18.2 Å². The molecule has 0 saturated carbocycles. The number of amides is 2. The van der Waals surface area contributed by atoms with Gasteiger partial charge in [-0.1, -0.05) is 231 Å². The van der Waals surface area contributed by atoms with Crippen molar-refractivity contribution in [3.63, 3.8) is 0 Å². The van der Waals surface area contributed by atoms with Gasteiger partial charge in [0.15, 0.2) is 0 Å². The van der Waals surface area contributed by atoms with Crippen LogP contribution in [0, 0.1) is 0 Å². The number of carbonyl (C=O) groups is 2. The normalized spacial score (nSPS) is 11.3. The molecule has 2 amide bonds. The van der Waals surface area contributed by atoms with Gasteiger partial charge in [-0.25, -0.2) is 4.98 Å². The molecule has 0 unspecified atom stereocenters. The minimum absolute atomic E-state index is 0.0441. The van der Waals surface area contributed by atoms with Crippen molar-refractivity contribution in [2.45, 2.75) is 6.42 Å². The van der Waals surface area contributed by atoms with Crippen molar-refractivity contribution in [3.8, 4) is 33.4 Å². The average Bonchev–Trinajstić information content (AvgIpc) is 3.44. The van der Waals surface area contributed by atoms with E-state index in [4.69, 9.17) is 4.98 Å². The first-order chi connectivity index (χ1) is 35.6. The van der Waals surface area contributed by atoms with Crippen molar-refractivity contribution in [2.24, 2.45) is 0 Å². The maximum Gasteiger partial charge on any atom is 0.274 e. The van der Waals surface area contributed by atoms with Gasteiger partial charge in [0.2, 0.25) is 5.91 Å². The van der Waals surface area contributed by atoms with E-state index in [1.807, 2.05) is 36.4 Å². The third kappa shape index (κ3) is 8.47. The fraction of sp³-hybridized carbons (Fsp3) is 0.0152. The van der Waals surface area contributed by atoms with E-state index in [2.05, 4.69) is 211 Å². The number of anilines is 2. The van der Waals surface area contributed by atoms with Crippen molar-refractivity contribution in [1.29, 1.82) is 0 Å². The van der Waals surface area contributed by atoms with Gasteiger partial charge < -0.3 is 10.6 Å². The Morgan fingerprint density at radius 3 is 1.39 bits per heavy atom. The molecule has 0 bridgehead atoms. The number of nitrogens with one attached hydrogen (secondary N) is 2. The molecular weight excluding hydrogens is 898 g/mol. The summed E-state index contributed by atoms with van der Waals surface area (Å²) < 4.78 is 0. The zero-order valence-corrected chi connectivity index (χ0v) is 40.1. The van der Waals surface area contributed by atoms with Crippen LogP contribution in [0.15, 0.2) is 255 Å². The lowest BCUT2D eigenvalue weighted by Crippen LogP contribution is -2.23. The summed E-state index contributed by atoms with van der Waals surface area (Å²) in [6.07, 6.45) is -0.0441. The number of nitrogens with zero attached hydrogens (tertiary/aromatic N) is 1. The summed E-state index contributed by atoms with van der Waals surface area (Å²) in [7, 11) is -1.04. The molecule has 12 rings (SSSR count). The monoisotopic (exact) mass is 943 g/mol. The Balaban J connectivity index is 0.910. The highest BCUT2D eigenvalue weighted by atomic mass is 31.1. The molecule has 6 heteroatoms. The Hall–Kier alpha value is -9.02. The molecule has 5 nitrogen and oxygen atoms in total. The number of fused-ring (bicyclic) bond motifs is 4. The summed E-state index contributed by atoms with van der Waals surface area (Å²) in [4.78, 5) is 33.9. The van der Waals surface area contributed by atoms with Gasteiger partial charge in [0.25, 0.3) is 5.91 Å². The van der Waals surface area contributed by atoms with Crippen molar-refractivity contribution >= 4 is 90.1 Å². The predicted octanol–water partition coefficient (Wildman–Crippen LogP) is 14.9. The van der Waals surface area contributed by atoms with Crippen molar-refractivity contribution < 1.29 is 9.59 Å². The Bertz CT molecular complexity index is 3970. The second-order valence-corrected chi connectivity index (χ2v) is 20.1. The van der Waals surface area contributed by atoms with Gasteiger partial charge in [-0.15, -0.1) is 0 Å². The van der Waals surface area contributed by atoms with Crippen molar-refractivity contribution in [1.82, 2.24) is 4.98 Å². The molecule has 0 spiro atoms. The third-order valence-corrected chi connectivity index (χ3v) is 15.9. The van der Waals surface area contributed by atoms with Crippen LogP contribution in [0.25, 0.3) is 76.5 Å². The SMILES string of the molecule is O=C(Cc1cccc(C(=O)Nc2ccc3ccccc3c2-c2c(P(c3ccccc3)c3ccccc3)ccc3ccccc23)n1)Nc1ccc2ccccc2c1-c1c(-c2ccccc2)ccc2ccccc12. The number of hydrogen-bond acceptors (Lipinski definition) is 3. The highest BCUT2D eigenvalue weighted by Gasteiger charge is 2.26. The maximum absolute atomic E-state index is 14.7. The van der Waals surface area contributed by atoms with Gasteiger partial charge in [0, 0.05) is 33.6 Å². The Labute approximate surface area is 419 Å². The lowest BCUT2D eigenvalue weighted by Gasteiger charge is -2.26. The molecule has 0 fully saturated rings. The van der Waals surface area contributed by atoms with Crippen molar-refractivity contribution in [2.75, 3.05) is 10.6 Å². The molecule has 2 N–H and O–H groups in total. The molecule has 0 aliphatic carbocycles. The number of benzene rings is 11. The van der Waals surface area contributed by atoms with Gasteiger partial charge in [0.1, 0.15) is 5.69 Å². The fourth-order valence-corrected chi connectivity index (χ4v) is 12.7. The van der Waals surface area contributed by atoms with Gasteiger partial charge in [-0.05, 0) is 102 Å². The average molecular weight is 944 g/mol. The van der Waals surface area contributed by atoms with E-state index >= 15 is 0 Å². The lowest BCUT2D eigenvalue weighted by atomic mass is 9.86. The van der Waals surface area contributed by atoms with E-state index in [9.17, 15) is 9.59 Å². The zero-order chi connectivity index (χ0) is 48.4. The molecule has 1 heterocycles. The lowest BCUT2D eigenvalue weighted by molar-refractivity contribution is -0.115. The largest absolute Gasteiger partial charge is 0.325 e. The Morgan fingerprint density at radius 1 is 0.375 bits per heavy atom. The van der Waals surface area contributed by atoms with E-state index < -0.39 is 7.92 Å². The van der Waals surface area contributed by atoms with Crippen LogP contribution >= 0.6 is 7.92 Å². The minimum atomic E-state index is -1.04. The number of aromatic nitrogens is 1. The van der Waals surface area contributed by atoms with E-state index in [0.29, 0.717) is 17.1 Å². The molecule has 1 aromatic heterocycles. The molecule has 72 heavy (non-hydrogen) atoms. The summed E-state index contributed by atoms with van der Waals surface area (Å²) in [6.45, 7) is 0. The molecule has 0 aliphatic heterocycles. The number of hydrogen-bond donors (Lipinski definition) is 2. The first-order valence-electron chi connectivity index (χ1n) is 24.2. The van der Waals surface area contributed by atoms with Gasteiger partial charge >= 0.3 is 0 Å². The van der Waals surface area contributed by atoms with Crippen LogP contribution in [0.1, 0.15) is 16.2 Å². The first-order valence-corrected chi connectivity index (χ1v) is 25.5. The van der Waals surface area contributed by atoms with Crippen LogP contribution in [0.4, 0.5) is 11.4 Å². The van der Waals surface area contributed by atoms with Crippen LogP contribution < -0.4 is 26.5 Å². The molecule has 342 valence electrons. The molecule has 0 radical (unpaired) electrons. The third-order valence-electron chi connectivity index (χ3n) is 13.5. The minimum Gasteiger partial charge on any atom is -0.325 e. The molecule has 0 atom stereocenters. The molecule has 0 aliphatic rings. The van der Waals surface area contributed by atoms with Crippen LogP contribution in [0.5, 0.6) is 0 Å². The van der Waals surface area contributed by atoms with Crippen LogP contribution in [0.2, 0.25) is 0 Å². The second-order valence-electron chi connectivity index (χ2n) is 17.9. The molecular formula is C66H46N3O2P. The molecule has 0 saturated heterocycles. The zero-order valence-electron chi connectivity index (χ0n) is 39.2. The molecule has 12 aromatic rings. The Morgan fingerprint density at radius 2 is 0.819 bits per heavy atom. The van der Waals surface area contributed by atoms with Gasteiger partial charge in [-0.3, -0.25) is 9.59 Å². The van der Waals surface area contributed by atoms with Gasteiger partial charge in [0.05, 0.1) is 12.1 Å². The van der Waals surface area contributed by atoms with Crippen molar-refractivity contribution in [3.05, 3.63) is 266 Å². The van der Waals surface area contributed by atoms with E-state index in [0.717, 1.165) is 76.5 Å². The van der Waals surface area contributed by atoms with Crippen LogP contribution in [-0.2, 0) is 11.2 Å². The number of carbonyl (C=O) groups excluding carboxylic acids is 2. The number of pyridine rings is 1.